The topological polar surface area (TPSA) is 32.3 Å². The number of nitrogens with zero attached hydrogens (tertiary/aromatic N) is 1. The average molecular weight is 343 g/mol. The summed E-state index contributed by atoms with van der Waals surface area (Å²) in [6.07, 6.45) is 1.71. The number of amides is 1. The monoisotopic (exact) mass is 342 g/mol. The van der Waals surface area contributed by atoms with Gasteiger partial charge in [-0.2, -0.15) is 0 Å². The number of carbonyl (C=O) groups is 1. The van der Waals surface area contributed by atoms with Crippen LogP contribution in [0.5, 0.6) is 0 Å². The molecule has 2 atom stereocenters. The lowest BCUT2D eigenvalue weighted by Gasteiger charge is -2.30. The van der Waals surface area contributed by atoms with Crippen LogP contribution in [0.4, 0.5) is 4.39 Å². The Morgan fingerprint density at radius 2 is 2.30 bits per heavy atom. The summed E-state index contributed by atoms with van der Waals surface area (Å²) in [4.78, 5) is 14.0. The molecule has 1 saturated heterocycles. The quantitative estimate of drug-likeness (QED) is 0.915. The van der Waals surface area contributed by atoms with Crippen LogP contribution in [0.3, 0.4) is 0 Å². The Labute approximate surface area is 127 Å². The molecule has 1 N–H and O–H groups in total. The Balaban J connectivity index is 2.01. The molecule has 1 aromatic rings. The van der Waals surface area contributed by atoms with Crippen molar-refractivity contribution in [1.29, 1.82) is 0 Å². The van der Waals surface area contributed by atoms with Crippen LogP contribution in [0.2, 0.25) is 0 Å². The van der Waals surface area contributed by atoms with Gasteiger partial charge >= 0.3 is 0 Å². The summed E-state index contributed by atoms with van der Waals surface area (Å²) in [5.74, 6) is -0.115. The molecule has 0 spiro atoms. The minimum Gasteiger partial charge on any atom is -0.341 e. The fraction of sp³-hybridized carbons (Fsp3) is 0.533. The first-order valence-corrected chi connectivity index (χ1v) is 7.69. The summed E-state index contributed by atoms with van der Waals surface area (Å²) >= 11 is 3.33. The lowest BCUT2D eigenvalue weighted by Crippen LogP contribution is -2.42. The summed E-state index contributed by atoms with van der Waals surface area (Å²) < 4.78 is 14.6. The van der Waals surface area contributed by atoms with E-state index in [1.54, 1.807) is 24.1 Å². The minimum atomic E-state index is -0.272. The highest BCUT2D eigenvalue weighted by atomic mass is 79.9. The van der Waals surface area contributed by atoms with Crippen molar-refractivity contribution in [3.63, 3.8) is 0 Å². The zero-order valence-corrected chi connectivity index (χ0v) is 13.4. The Morgan fingerprint density at radius 1 is 1.55 bits per heavy atom. The van der Waals surface area contributed by atoms with Crippen LogP contribution in [0.1, 0.15) is 25.3 Å². The van der Waals surface area contributed by atoms with E-state index in [0.29, 0.717) is 18.2 Å². The summed E-state index contributed by atoms with van der Waals surface area (Å²) in [5, 5.41) is 3.34. The molecule has 5 heteroatoms. The fourth-order valence-electron chi connectivity index (χ4n) is 2.67. The Kier molecular flexibility index (Phi) is 5.16. The third-order valence-electron chi connectivity index (χ3n) is 3.76. The van der Waals surface area contributed by atoms with Crippen molar-refractivity contribution >= 4 is 21.8 Å². The summed E-state index contributed by atoms with van der Waals surface area (Å²) in [7, 11) is 1.75. The van der Waals surface area contributed by atoms with E-state index < -0.39 is 0 Å². The van der Waals surface area contributed by atoms with E-state index >= 15 is 0 Å². The maximum Gasteiger partial charge on any atom is 0.225 e. The van der Waals surface area contributed by atoms with Crippen LogP contribution in [-0.2, 0) is 11.3 Å². The summed E-state index contributed by atoms with van der Waals surface area (Å²) in [5.41, 5.74) is 0.539. The van der Waals surface area contributed by atoms with Crippen molar-refractivity contribution in [3.8, 4) is 0 Å². The molecular weight excluding hydrogens is 323 g/mol. The molecule has 1 fully saturated rings. The van der Waals surface area contributed by atoms with E-state index in [1.165, 1.54) is 6.07 Å². The van der Waals surface area contributed by atoms with E-state index in [4.69, 9.17) is 0 Å². The van der Waals surface area contributed by atoms with Gasteiger partial charge in [0.05, 0.1) is 0 Å². The zero-order chi connectivity index (χ0) is 14.7. The molecule has 110 valence electrons. The third-order valence-corrected chi connectivity index (χ3v) is 4.26. The lowest BCUT2D eigenvalue weighted by molar-refractivity contribution is -0.135. The smallest absolute Gasteiger partial charge is 0.225 e. The van der Waals surface area contributed by atoms with Gasteiger partial charge in [-0.05, 0) is 44.5 Å². The summed E-state index contributed by atoms with van der Waals surface area (Å²) in [6.45, 7) is 3.27. The molecular formula is C15H20BrFN2O. The fourth-order valence-corrected chi connectivity index (χ4v) is 3.07. The first kappa shape index (κ1) is 15.4. The zero-order valence-electron chi connectivity index (χ0n) is 11.8. The van der Waals surface area contributed by atoms with Gasteiger partial charge in [0.2, 0.25) is 5.91 Å². The number of halogens is 2. The number of hydrogen-bond donors (Lipinski definition) is 1. The maximum absolute atomic E-state index is 13.7. The van der Waals surface area contributed by atoms with Gasteiger partial charge < -0.3 is 10.2 Å². The molecule has 0 radical (unpaired) electrons. The van der Waals surface area contributed by atoms with Crippen molar-refractivity contribution < 1.29 is 9.18 Å². The molecule has 0 saturated carbocycles. The van der Waals surface area contributed by atoms with Gasteiger partial charge in [0.1, 0.15) is 5.82 Å². The maximum atomic E-state index is 13.7. The highest BCUT2D eigenvalue weighted by Crippen LogP contribution is 2.21. The van der Waals surface area contributed by atoms with Crippen LogP contribution >= 0.6 is 15.9 Å². The van der Waals surface area contributed by atoms with Gasteiger partial charge in [-0.25, -0.2) is 4.39 Å². The van der Waals surface area contributed by atoms with Gasteiger partial charge in [-0.3, -0.25) is 4.79 Å². The van der Waals surface area contributed by atoms with Crippen molar-refractivity contribution in [2.75, 3.05) is 13.6 Å². The Morgan fingerprint density at radius 3 is 3.00 bits per heavy atom. The molecule has 1 heterocycles. The van der Waals surface area contributed by atoms with Crippen molar-refractivity contribution in [2.45, 2.75) is 32.4 Å². The second-order valence-corrected chi connectivity index (χ2v) is 6.42. The van der Waals surface area contributed by atoms with E-state index in [0.717, 1.165) is 23.9 Å². The number of rotatable bonds is 3. The largest absolute Gasteiger partial charge is 0.341 e. The highest BCUT2D eigenvalue weighted by Gasteiger charge is 2.27. The minimum absolute atomic E-state index is 0.0477. The first-order valence-electron chi connectivity index (χ1n) is 6.89. The second-order valence-electron chi connectivity index (χ2n) is 5.51. The summed E-state index contributed by atoms with van der Waals surface area (Å²) in [6, 6.07) is 5.18. The molecule has 0 bridgehead atoms. The molecule has 2 rings (SSSR count). The average Bonchev–Trinajstić information content (AvgIpc) is 2.42. The van der Waals surface area contributed by atoms with Crippen LogP contribution in [0.15, 0.2) is 22.7 Å². The van der Waals surface area contributed by atoms with Gasteiger partial charge in [0, 0.05) is 35.6 Å². The van der Waals surface area contributed by atoms with Gasteiger partial charge in [0.15, 0.2) is 0 Å². The SMILES string of the molecule is C[C@H]1C[C@@H](C(=O)N(C)Cc2cc(Br)ccc2F)CCN1. The highest BCUT2D eigenvalue weighted by molar-refractivity contribution is 9.10. The lowest BCUT2D eigenvalue weighted by atomic mass is 9.92. The Hall–Kier alpha value is -0.940. The third kappa shape index (κ3) is 3.79. The van der Waals surface area contributed by atoms with Gasteiger partial charge in [-0.15, -0.1) is 0 Å². The van der Waals surface area contributed by atoms with Crippen LogP contribution < -0.4 is 5.32 Å². The molecule has 0 aliphatic carbocycles. The number of hydrogen-bond acceptors (Lipinski definition) is 2. The Bertz CT molecular complexity index is 495. The van der Waals surface area contributed by atoms with E-state index in [1.807, 2.05) is 0 Å². The molecule has 1 amide bonds. The van der Waals surface area contributed by atoms with Gasteiger partial charge in [0.25, 0.3) is 0 Å². The standard InChI is InChI=1S/C15H20BrFN2O/c1-10-7-11(5-6-18-10)15(20)19(2)9-12-8-13(16)3-4-14(12)17/h3-4,8,10-11,18H,5-7,9H2,1-2H3/t10-,11-/m0/s1. The molecule has 1 aliphatic rings. The van der Waals surface area contributed by atoms with Crippen LogP contribution in [0, 0.1) is 11.7 Å². The van der Waals surface area contributed by atoms with Gasteiger partial charge in [-0.1, -0.05) is 15.9 Å². The first-order chi connectivity index (χ1) is 9.47. The van der Waals surface area contributed by atoms with Crippen molar-refractivity contribution in [3.05, 3.63) is 34.1 Å². The normalized spacial score (nSPS) is 22.6. The molecule has 1 aliphatic heterocycles. The number of benzene rings is 1. The van der Waals surface area contributed by atoms with E-state index in [2.05, 4.69) is 28.2 Å². The van der Waals surface area contributed by atoms with Crippen LogP contribution in [-0.4, -0.2) is 30.4 Å². The molecule has 0 aromatic heterocycles. The molecule has 20 heavy (non-hydrogen) atoms. The molecule has 0 unspecified atom stereocenters. The van der Waals surface area contributed by atoms with E-state index in [-0.39, 0.29) is 17.6 Å². The van der Waals surface area contributed by atoms with Crippen LogP contribution in [0.25, 0.3) is 0 Å². The predicted octanol–water partition coefficient (Wildman–Crippen LogP) is 2.93. The molecule has 1 aromatic carbocycles. The van der Waals surface area contributed by atoms with Crippen molar-refractivity contribution in [2.24, 2.45) is 5.92 Å². The predicted molar refractivity (Wildman–Crippen MR) is 80.8 cm³/mol. The van der Waals surface area contributed by atoms with Crippen molar-refractivity contribution in [1.82, 2.24) is 10.2 Å². The molecule has 3 nitrogen and oxygen atoms in total. The second kappa shape index (κ2) is 6.68. The number of carbonyl (C=O) groups excluding carboxylic acids is 1. The van der Waals surface area contributed by atoms with E-state index in [9.17, 15) is 9.18 Å². The number of piperidine rings is 1. The number of nitrogens with one attached hydrogen (secondary N) is 1.